The molecule has 0 fully saturated rings. The molecule has 0 saturated heterocycles. The van der Waals surface area contributed by atoms with Crippen molar-refractivity contribution in [3.05, 3.63) is 59.7 Å². The highest BCUT2D eigenvalue weighted by atomic mass is 14.2. The lowest BCUT2D eigenvalue weighted by Gasteiger charge is -2.16. The van der Waals surface area contributed by atoms with Gasteiger partial charge in [-0.3, -0.25) is 0 Å². The SMILES string of the molecule is Cc1ccc2ccc3c(C(C)C)ccc4ccc1c2c43. The van der Waals surface area contributed by atoms with Crippen LogP contribution in [-0.4, -0.2) is 0 Å². The molecule has 0 aliphatic heterocycles. The Bertz CT molecular complexity index is 929. The molecule has 0 atom stereocenters. The van der Waals surface area contributed by atoms with Crippen LogP contribution in [-0.2, 0) is 0 Å². The van der Waals surface area contributed by atoms with E-state index in [0.29, 0.717) is 5.92 Å². The summed E-state index contributed by atoms with van der Waals surface area (Å²) in [6.07, 6.45) is 0. The van der Waals surface area contributed by atoms with E-state index in [-0.39, 0.29) is 0 Å². The first-order chi connectivity index (χ1) is 9.66. The molecule has 4 aromatic rings. The smallest absolute Gasteiger partial charge is 0.00238 e. The predicted octanol–water partition coefficient (Wildman–Crippen LogP) is 6.02. The molecule has 0 aliphatic rings. The number of rotatable bonds is 1. The average molecular weight is 258 g/mol. The van der Waals surface area contributed by atoms with Crippen molar-refractivity contribution in [2.75, 3.05) is 0 Å². The zero-order valence-electron chi connectivity index (χ0n) is 12.2. The molecule has 4 aromatic carbocycles. The summed E-state index contributed by atoms with van der Waals surface area (Å²) in [5.41, 5.74) is 2.82. The lowest BCUT2D eigenvalue weighted by Crippen LogP contribution is -1.92. The van der Waals surface area contributed by atoms with Crippen molar-refractivity contribution in [1.82, 2.24) is 0 Å². The van der Waals surface area contributed by atoms with Gasteiger partial charge in [-0.15, -0.1) is 0 Å². The van der Waals surface area contributed by atoms with E-state index in [1.54, 1.807) is 0 Å². The van der Waals surface area contributed by atoms with E-state index in [9.17, 15) is 0 Å². The third kappa shape index (κ3) is 1.42. The zero-order valence-corrected chi connectivity index (χ0v) is 12.2. The van der Waals surface area contributed by atoms with Crippen molar-refractivity contribution >= 4 is 32.3 Å². The molecule has 0 nitrogen and oxygen atoms in total. The average Bonchev–Trinajstić information content (AvgIpc) is 2.46. The molecule has 20 heavy (non-hydrogen) atoms. The van der Waals surface area contributed by atoms with Gasteiger partial charge in [-0.2, -0.15) is 0 Å². The fraction of sp³-hybridized carbons (Fsp3) is 0.200. The number of aryl methyl sites for hydroxylation is 1. The van der Waals surface area contributed by atoms with Gasteiger partial charge in [-0.1, -0.05) is 62.4 Å². The minimum Gasteiger partial charge on any atom is -0.0587 e. The molecule has 98 valence electrons. The summed E-state index contributed by atoms with van der Waals surface area (Å²) in [6, 6.07) is 18.2. The highest BCUT2D eigenvalue weighted by Crippen LogP contribution is 2.38. The lowest BCUT2D eigenvalue weighted by molar-refractivity contribution is 0.877. The van der Waals surface area contributed by atoms with Crippen molar-refractivity contribution < 1.29 is 0 Å². The number of hydrogen-bond donors (Lipinski definition) is 0. The Labute approximate surface area is 119 Å². The second-order valence-electron chi connectivity index (χ2n) is 6.11. The Morgan fingerprint density at radius 1 is 0.650 bits per heavy atom. The molecule has 0 aliphatic carbocycles. The molecular formula is C20H18. The highest BCUT2D eigenvalue weighted by Gasteiger charge is 2.12. The molecule has 0 radical (unpaired) electrons. The minimum atomic E-state index is 0.556. The Morgan fingerprint density at radius 3 is 1.90 bits per heavy atom. The van der Waals surface area contributed by atoms with Crippen LogP contribution in [0, 0.1) is 6.92 Å². The second-order valence-corrected chi connectivity index (χ2v) is 6.11. The van der Waals surface area contributed by atoms with E-state index in [1.807, 2.05) is 0 Å². The summed E-state index contributed by atoms with van der Waals surface area (Å²) in [4.78, 5) is 0. The fourth-order valence-corrected chi connectivity index (χ4v) is 3.47. The van der Waals surface area contributed by atoms with Crippen LogP contribution >= 0.6 is 0 Å². The first-order valence-electron chi connectivity index (χ1n) is 7.34. The van der Waals surface area contributed by atoms with E-state index in [1.165, 1.54) is 43.4 Å². The van der Waals surface area contributed by atoms with Gasteiger partial charge in [0.25, 0.3) is 0 Å². The lowest BCUT2D eigenvalue weighted by atomic mass is 9.88. The van der Waals surface area contributed by atoms with Gasteiger partial charge in [0.15, 0.2) is 0 Å². The first kappa shape index (κ1) is 11.7. The number of benzene rings is 4. The van der Waals surface area contributed by atoms with Crippen LogP contribution in [0.4, 0.5) is 0 Å². The van der Waals surface area contributed by atoms with Crippen LogP contribution in [0.1, 0.15) is 30.9 Å². The normalized spacial score (nSPS) is 12.2. The molecule has 0 amide bonds. The Hall–Kier alpha value is -2.08. The monoisotopic (exact) mass is 258 g/mol. The quantitative estimate of drug-likeness (QED) is 0.366. The molecule has 0 bridgehead atoms. The predicted molar refractivity (Wildman–Crippen MR) is 89.0 cm³/mol. The summed E-state index contributed by atoms with van der Waals surface area (Å²) in [7, 11) is 0. The molecule has 0 heterocycles. The standard InChI is InChI=1S/C20H18/c1-12(2)16-9-6-15-7-10-17-13(3)4-5-14-8-11-18(16)20(15)19(14)17/h4-12H,1-3H3. The van der Waals surface area contributed by atoms with E-state index in [2.05, 4.69) is 69.3 Å². The van der Waals surface area contributed by atoms with Gasteiger partial charge in [0.2, 0.25) is 0 Å². The van der Waals surface area contributed by atoms with Crippen LogP contribution in [0.5, 0.6) is 0 Å². The maximum absolute atomic E-state index is 2.30. The van der Waals surface area contributed by atoms with Crippen LogP contribution < -0.4 is 0 Å². The van der Waals surface area contributed by atoms with Gasteiger partial charge in [0.1, 0.15) is 0 Å². The van der Waals surface area contributed by atoms with Gasteiger partial charge >= 0.3 is 0 Å². The molecule has 0 N–H and O–H groups in total. The topological polar surface area (TPSA) is 0 Å². The van der Waals surface area contributed by atoms with Crippen molar-refractivity contribution in [3.63, 3.8) is 0 Å². The van der Waals surface area contributed by atoms with Gasteiger partial charge in [0.05, 0.1) is 0 Å². The minimum absolute atomic E-state index is 0.556. The van der Waals surface area contributed by atoms with Crippen LogP contribution in [0.2, 0.25) is 0 Å². The molecular weight excluding hydrogens is 240 g/mol. The van der Waals surface area contributed by atoms with Crippen LogP contribution in [0.25, 0.3) is 32.3 Å². The van der Waals surface area contributed by atoms with Crippen molar-refractivity contribution in [2.24, 2.45) is 0 Å². The van der Waals surface area contributed by atoms with Crippen LogP contribution in [0.15, 0.2) is 48.5 Å². The first-order valence-corrected chi connectivity index (χ1v) is 7.34. The molecule has 0 heteroatoms. The number of hydrogen-bond acceptors (Lipinski definition) is 0. The van der Waals surface area contributed by atoms with Crippen molar-refractivity contribution in [1.29, 1.82) is 0 Å². The van der Waals surface area contributed by atoms with Gasteiger partial charge in [-0.05, 0) is 56.3 Å². The van der Waals surface area contributed by atoms with E-state index in [0.717, 1.165) is 0 Å². The van der Waals surface area contributed by atoms with Gasteiger partial charge < -0.3 is 0 Å². The molecule has 0 unspecified atom stereocenters. The van der Waals surface area contributed by atoms with E-state index in [4.69, 9.17) is 0 Å². The molecule has 0 aromatic heterocycles. The Balaban J connectivity index is 2.35. The molecule has 0 spiro atoms. The Morgan fingerprint density at radius 2 is 1.20 bits per heavy atom. The fourth-order valence-electron chi connectivity index (χ4n) is 3.47. The van der Waals surface area contributed by atoms with E-state index < -0.39 is 0 Å². The third-order valence-electron chi connectivity index (χ3n) is 4.54. The maximum Gasteiger partial charge on any atom is -0.00238 e. The van der Waals surface area contributed by atoms with Gasteiger partial charge in [0, 0.05) is 0 Å². The largest absolute Gasteiger partial charge is 0.0587 e. The summed E-state index contributed by atoms with van der Waals surface area (Å²) in [5.74, 6) is 0.556. The second kappa shape index (κ2) is 3.96. The van der Waals surface area contributed by atoms with Crippen molar-refractivity contribution in [3.8, 4) is 0 Å². The summed E-state index contributed by atoms with van der Waals surface area (Å²) in [6.45, 7) is 6.75. The van der Waals surface area contributed by atoms with Gasteiger partial charge in [-0.25, -0.2) is 0 Å². The maximum atomic E-state index is 2.30. The van der Waals surface area contributed by atoms with E-state index >= 15 is 0 Å². The Kier molecular flexibility index (Phi) is 2.32. The summed E-state index contributed by atoms with van der Waals surface area (Å²) >= 11 is 0. The third-order valence-corrected chi connectivity index (χ3v) is 4.54. The summed E-state index contributed by atoms with van der Waals surface area (Å²) in [5, 5.41) is 8.39. The van der Waals surface area contributed by atoms with Crippen molar-refractivity contribution in [2.45, 2.75) is 26.7 Å². The molecule has 0 saturated carbocycles. The van der Waals surface area contributed by atoms with Crippen LogP contribution in [0.3, 0.4) is 0 Å². The summed E-state index contributed by atoms with van der Waals surface area (Å²) < 4.78 is 0. The molecule has 4 rings (SSSR count). The zero-order chi connectivity index (χ0) is 13.9. The highest BCUT2D eigenvalue weighted by molar-refractivity contribution is 6.24.